The topological polar surface area (TPSA) is 19.6 Å². The van der Waals surface area contributed by atoms with Gasteiger partial charge in [-0.3, -0.25) is 0 Å². The fourth-order valence-electron chi connectivity index (χ4n) is 12.6. The molecule has 0 N–H and O–H groups in total. The van der Waals surface area contributed by atoms with Gasteiger partial charge in [-0.2, -0.15) is 0 Å². The highest BCUT2D eigenvalue weighted by atomic mass is 32.1. The molecule has 63 heavy (non-hydrogen) atoms. The average Bonchev–Trinajstić information content (AvgIpc) is 3.91. The van der Waals surface area contributed by atoms with Crippen molar-refractivity contribution in [2.45, 2.75) is 103 Å². The second-order valence-corrected chi connectivity index (χ2v) is 22.6. The summed E-state index contributed by atoms with van der Waals surface area (Å²) in [5.41, 5.74) is 19.1. The van der Waals surface area contributed by atoms with Crippen LogP contribution < -0.4 is 20.6 Å². The molecule has 13 rings (SSSR count). The quantitative estimate of drug-likeness (QED) is 0.162. The van der Waals surface area contributed by atoms with Crippen molar-refractivity contribution < 1.29 is 4.42 Å². The van der Waals surface area contributed by atoms with Gasteiger partial charge in [0, 0.05) is 75.8 Å². The van der Waals surface area contributed by atoms with Crippen molar-refractivity contribution in [3.8, 4) is 22.3 Å². The minimum absolute atomic E-state index is 0.0180. The van der Waals surface area contributed by atoms with Crippen LogP contribution in [0.3, 0.4) is 0 Å². The zero-order valence-electron chi connectivity index (χ0n) is 37.7. The van der Waals surface area contributed by atoms with E-state index >= 15 is 0 Å². The lowest BCUT2D eigenvalue weighted by molar-refractivity contribution is 0.195. The number of rotatable bonds is 2. The van der Waals surface area contributed by atoms with Crippen LogP contribution in [-0.4, -0.2) is 12.4 Å². The van der Waals surface area contributed by atoms with Gasteiger partial charge in [-0.25, -0.2) is 0 Å². The van der Waals surface area contributed by atoms with Crippen LogP contribution in [0.5, 0.6) is 0 Å². The van der Waals surface area contributed by atoms with Crippen LogP contribution in [0.4, 0.5) is 22.7 Å². The van der Waals surface area contributed by atoms with E-state index in [9.17, 15) is 0 Å². The van der Waals surface area contributed by atoms with E-state index in [-0.39, 0.29) is 28.6 Å². The molecular formula is C58H53BN2OS. The molecular weight excluding hydrogens is 784 g/mol. The molecule has 0 saturated heterocycles. The molecule has 1 fully saturated rings. The summed E-state index contributed by atoms with van der Waals surface area (Å²) in [6.45, 7) is 19.4. The number of para-hydroxylation sites is 1. The van der Waals surface area contributed by atoms with E-state index in [1.54, 1.807) is 5.56 Å². The van der Waals surface area contributed by atoms with Crippen molar-refractivity contribution in [1.82, 2.24) is 0 Å². The molecule has 0 spiro atoms. The van der Waals surface area contributed by atoms with Gasteiger partial charge in [-0.1, -0.05) is 146 Å². The van der Waals surface area contributed by atoms with E-state index in [0.717, 1.165) is 23.0 Å². The number of furan rings is 1. The Labute approximate surface area is 375 Å². The molecule has 7 aromatic carbocycles. The molecule has 5 heterocycles. The molecule has 310 valence electrons. The summed E-state index contributed by atoms with van der Waals surface area (Å²) < 4.78 is 9.89. The summed E-state index contributed by atoms with van der Waals surface area (Å²) in [4.78, 5) is 5.65. The van der Waals surface area contributed by atoms with Crippen molar-refractivity contribution in [3.05, 3.63) is 144 Å². The van der Waals surface area contributed by atoms with Crippen LogP contribution in [0.1, 0.15) is 97.8 Å². The van der Waals surface area contributed by atoms with Crippen LogP contribution >= 0.6 is 11.3 Å². The lowest BCUT2D eigenvalue weighted by atomic mass is 9.43. The summed E-state index contributed by atoms with van der Waals surface area (Å²) in [6, 6.07) is 48.8. The number of fused-ring (bicyclic) bond motifs is 15. The predicted molar refractivity (Wildman–Crippen MR) is 271 cm³/mol. The third-order valence-electron chi connectivity index (χ3n) is 16.1. The van der Waals surface area contributed by atoms with Gasteiger partial charge in [0.2, 0.25) is 0 Å². The molecule has 4 aliphatic rings. The van der Waals surface area contributed by atoms with Crippen LogP contribution in [0, 0.1) is 0 Å². The third kappa shape index (κ3) is 4.87. The van der Waals surface area contributed by atoms with E-state index in [1.807, 2.05) is 11.3 Å². The minimum atomic E-state index is -0.100. The maximum Gasteiger partial charge on any atom is 0.333 e. The molecule has 1 aliphatic carbocycles. The average molecular weight is 837 g/mol. The molecule has 0 amide bonds. The summed E-state index contributed by atoms with van der Waals surface area (Å²) >= 11 is 1.96. The fraction of sp³-hybridized carbons (Fsp3) is 0.276. The Morgan fingerprint density at radius 3 is 2.13 bits per heavy atom. The van der Waals surface area contributed by atoms with Gasteiger partial charge in [-0.15, -0.1) is 11.3 Å². The molecule has 5 heteroatoms. The minimum Gasteiger partial charge on any atom is -0.455 e. The van der Waals surface area contributed by atoms with Gasteiger partial charge in [-0.05, 0) is 106 Å². The number of thiophene rings is 1. The fourth-order valence-corrected chi connectivity index (χ4v) is 13.8. The molecule has 0 radical (unpaired) electrons. The van der Waals surface area contributed by atoms with Crippen molar-refractivity contribution >= 4 is 94.0 Å². The zero-order valence-corrected chi connectivity index (χ0v) is 38.6. The van der Waals surface area contributed by atoms with Gasteiger partial charge >= 0.3 is 6.85 Å². The number of anilines is 4. The Balaban J connectivity index is 1.26. The lowest BCUT2D eigenvalue weighted by Crippen LogP contribution is -2.64. The van der Waals surface area contributed by atoms with E-state index in [1.165, 1.54) is 112 Å². The molecule has 2 atom stereocenters. The molecule has 3 aliphatic heterocycles. The number of hydrogen-bond acceptors (Lipinski definition) is 4. The first kappa shape index (κ1) is 37.8. The van der Waals surface area contributed by atoms with Gasteiger partial charge < -0.3 is 14.1 Å². The first-order valence-electron chi connectivity index (χ1n) is 23.2. The maximum absolute atomic E-state index is 7.20. The molecule has 2 unspecified atom stereocenters. The lowest BCUT2D eigenvalue weighted by Gasteiger charge is -2.53. The van der Waals surface area contributed by atoms with Crippen LogP contribution in [0.15, 0.2) is 132 Å². The van der Waals surface area contributed by atoms with Crippen LogP contribution in [-0.2, 0) is 16.2 Å². The van der Waals surface area contributed by atoms with E-state index in [4.69, 9.17) is 4.42 Å². The standard InChI is InChI=1S/C58H53BN2OS/c1-55(2,3)35-24-26-44(40(30-35)34-18-10-9-11-19-34)61-45-27-25-39-37-20-12-14-22-47(37)62-53(39)49(45)50-51-46(33-41-38-21-13-15-23-48(38)63-54(41)50)60-52-42(57(7)28-16-17-29-58(57,60)8)31-36(56(4,5)6)32-43(52)59(51)61/h9-15,18-27,30-33H,16-17,28-29H2,1-8H3. The van der Waals surface area contributed by atoms with Gasteiger partial charge in [0.25, 0.3) is 0 Å². The summed E-state index contributed by atoms with van der Waals surface area (Å²) in [6.07, 6.45) is 4.84. The summed E-state index contributed by atoms with van der Waals surface area (Å²) in [5.74, 6) is 0. The summed E-state index contributed by atoms with van der Waals surface area (Å²) in [5, 5.41) is 5.01. The first-order valence-corrected chi connectivity index (χ1v) is 24.0. The highest BCUT2D eigenvalue weighted by Gasteiger charge is 2.62. The predicted octanol–water partition coefficient (Wildman–Crippen LogP) is 15.2. The molecule has 2 aromatic heterocycles. The Morgan fingerprint density at radius 1 is 0.619 bits per heavy atom. The van der Waals surface area contributed by atoms with Crippen LogP contribution in [0.25, 0.3) is 64.4 Å². The van der Waals surface area contributed by atoms with Crippen molar-refractivity contribution in [2.24, 2.45) is 0 Å². The van der Waals surface area contributed by atoms with Crippen molar-refractivity contribution in [1.29, 1.82) is 0 Å². The van der Waals surface area contributed by atoms with E-state index < -0.39 is 0 Å². The smallest absolute Gasteiger partial charge is 0.333 e. The largest absolute Gasteiger partial charge is 0.455 e. The highest BCUT2D eigenvalue weighted by Crippen LogP contribution is 2.64. The van der Waals surface area contributed by atoms with Gasteiger partial charge in [0.1, 0.15) is 11.2 Å². The normalized spacial score (nSPS) is 20.2. The second-order valence-electron chi connectivity index (χ2n) is 21.6. The zero-order chi connectivity index (χ0) is 42.9. The van der Waals surface area contributed by atoms with Gasteiger partial charge in [0.15, 0.2) is 0 Å². The van der Waals surface area contributed by atoms with Gasteiger partial charge in [0.05, 0.1) is 5.54 Å². The SMILES string of the molecule is CC(C)(C)c1ccc(N2B3c4cc(C(C)(C)C)cc5c4N(c4cc6c(sc7ccccc76)c(c43)-c3c2ccc2c3oc3ccccc32)C2(C)CCCCC52C)c(-c2ccccc2)c1. The number of benzene rings is 7. The molecule has 0 bridgehead atoms. The Bertz CT molecular complexity index is 3440. The second kappa shape index (κ2) is 12.5. The summed E-state index contributed by atoms with van der Waals surface area (Å²) in [7, 11) is 0. The highest BCUT2D eigenvalue weighted by molar-refractivity contribution is 7.26. The monoisotopic (exact) mass is 836 g/mol. The molecule has 1 saturated carbocycles. The van der Waals surface area contributed by atoms with Crippen molar-refractivity contribution in [2.75, 3.05) is 9.71 Å². The Hall–Kier alpha value is -5.78. The molecule has 9 aromatic rings. The van der Waals surface area contributed by atoms with E-state index in [0.29, 0.717) is 0 Å². The van der Waals surface area contributed by atoms with Crippen LogP contribution in [0.2, 0.25) is 0 Å². The Kier molecular flexibility index (Phi) is 7.48. The van der Waals surface area contributed by atoms with Crippen molar-refractivity contribution in [3.63, 3.8) is 0 Å². The number of nitrogens with zero attached hydrogens (tertiary/aromatic N) is 2. The van der Waals surface area contributed by atoms with E-state index in [2.05, 4.69) is 192 Å². The third-order valence-corrected chi connectivity index (χ3v) is 17.3. The first-order chi connectivity index (χ1) is 30.3. The Morgan fingerprint density at radius 2 is 1.33 bits per heavy atom. The molecule has 3 nitrogen and oxygen atoms in total. The maximum atomic E-state index is 7.20. The number of hydrogen-bond donors (Lipinski definition) is 0.